The van der Waals surface area contributed by atoms with Crippen LogP contribution in [0, 0.1) is 0 Å². The number of halogens is 1. The first-order valence-corrected chi connectivity index (χ1v) is 6.84. The molecule has 1 aliphatic rings. The van der Waals surface area contributed by atoms with Crippen molar-refractivity contribution >= 4 is 27.7 Å². The fourth-order valence-electron chi connectivity index (χ4n) is 1.61. The molecule has 1 aromatic heterocycles. The van der Waals surface area contributed by atoms with E-state index in [-0.39, 0.29) is 0 Å². The zero-order chi connectivity index (χ0) is 9.80. The molecule has 0 amide bonds. The van der Waals surface area contributed by atoms with E-state index >= 15 is 0 Å². The molecule has 0 radical (unpaired) electrons. The highest BCUT2D eigenvalue weighted by Crippen LogP contribution is 2.17. The molecule has 0 unspecified atom stereocenters. The number of hydrogen-bond donors (Lipinski definition) is 0. The quantitative estimate of drug-likeness (QED) is 0.826. The van der Waals surface area contributed by atoms with E-state index in [0.717, 1.165) is 17.0 Å². The second-order valence-corrected chi connectivity index (χ2v) is 5.45. The maximum Gasteiger partial charge on any atom is 0.169 e. The summed E-state index contributed by atoms with van der Waals surface area (Å²) in [6.45, 7) is 3.33. The van der Waals surface area contributed by atoms with Crippen LogP contribution in [0.5, 0.6) is 0 Å². The molecule has 2 rings (SSSR count). The largest absolute Gasteiger partial charge is 0.453 e. The van der Waals surface area contributed by atoms with Crippen LogP contribution in [-0.4, -0.2) is 29.5 Å². The van der Waals surface area contributed by atoms with E-state index in [0.29, 0.717) is 0 Å². The summed E-state index contributed by atoms with van der Waals surface area (Å²) in [5.74, 6) is 3.61. The van der Waals surface area contributed by atoms with Crippen molar-refractivity contribution in [2.45, 2.75) is 13.0 Å². The van der Waals surface area contributed by atoms with Crippen LogP contribution < -0.4 is 0 Å². The molecule has 0 aliphatic carbocycles. The number of furan rings is 1. The van der Waals surface area contributed by atoms with Crippen LogP contribution in [0.2, 0.25) is 0 Å². The highest BCUT2D eigenvalue weighted by atomic mass is 79.9. The Balaban J connectivity index is 1.89. The van der Waals surface area contributed by atoms with Gasteiger partial charge in [-0.05, 0) is 46.8 Å². The summed E-state index contributed by atoms with van der Waals surface area (Å²) in [6, 6.07) is 4.00. The standard InChI is InChI=1S/C10H14BrNOS/c11-10-3-2-9(13-10)8-12-4-1-6-14-7-5-12/h2-3H,1,4-8H2. The average molecular weight is 276 g/mol. The van der Waals surface area contributed by atoms with E-state index in [1.165, 1.54) is 31.0 Å². The van der Waals surface area contributed by atoms with Gasteiger partial charge in [0.05, 0.1) is 6.54 Å². The lowest BCUT2D eigenvalue weighted by Gasteiger charge is -2.17. The molecule has 0 bridgehead atoms. The minimum absolute atomic E-state index is 0.830. The molecule has 0 atom stereocenters. The molecule has 1 fully saturated rings. The number of hydrogen-bond acceptors (Lipinski definition) is 3. The predicted molar refractivity (Wildman–Crippen MR) is 63.6 cm³/mol. The molecule has 1 aromatic rings. The van der Waals surface area contributed by atoms with E-state index < -0.39 is 0 Å². The second kappa shape index (κ2) is 5.24. The Hall–Kier alpha value is 0.0700. The van der Waals surface area contributed by atoms with Gasteiger partial charge in [0.15, 0.2) is 4.67 Å². The lowest BCUT2D eigenvalue weighted by Crippen LogP contribution is -2.25. The fourth-order valence-corrected chi connectivity index (χ4v) is 2.88. The van der Waals surface area contributed by atoms with Crippen LogP contribution in [0.15, 0.2) is 21.2 Å². The third-order valence-electron chi connectivity index (χ3n) is 2.32. The van der Waals surface area contributed by atoms with E-state index in [2.05, 4.69) is 32.6 Å². The molecular weight excluding hydrogens is 262 g/mol. The first-order valence-electron chi connectivity index (χ1n) is 4.89. The molecule has 0 spiro atoms. The second-order valence-electron chi connectivity index (χ2n) is 3.45. The van der Waals surface area contributed by atoms with Gasteiger partial charge in [-0.2, -0.15) is 11.8 Å². The van der Waals surface area contributed by atoms with Gasteiger partial charge in [0.2, 0.25) is 0 Å². The van der Waals surface area contributed by atoms with Crippen molar-refractivity contribution in [2.75, 3.05) is 24.6 Å². The molecule has 2 heterocycles. The van der Waals surface area contributed by atoms with Crippen molar-refractivity contribution in [3.8, 4) is 0 Å². The Labute approximate surface area is 97.2 Å². The average Bonchev–Trinajstić information content (AvgIpc) is 2.43. The van der Waals surface area contributed by atoms with Crippen molar-refractivity contribution in [2.24, 2.45) is 0 Å². The summed E-state index contributed by atoms with van der Waals surface area (Å²) in [7, 11) is 0. The number of nitrogens with zero attached hydrogens (tertiary/aromatic N) is 1. The van der Waals surface area contributed by atoms with Crippen molar-refractivity contribution in [1.82, 2.24) is 4.90 Å². The maximum atomic E-state index is 5.50. The number of rotatable bonds is 2. The Kier molecular flexibility index (Phi) is 3.96. The minimum Gasteiger partial charge on any atom is -0.453 e. The Bertz CT molecular complexity index is 281. The summed E-state index contributed by atoms with van der Waals surface area (Å²) in [5.41, 5.74) is 0. The molecule has 4 heteroatoms. The van der Waals surface area contributed by atoms with Crippen LogP contribution in [0.4, 0.5) is 0 Å². The molecular formula is C10H14BrNOS. The van der Waals surface area contributed by atoms with Crippen LogP contribution >= 0.6 is 27.7 Å². The molecule has 0 aromatic carbocycles. The molecule has 1 aliphatic heterocycles. The van der Waals surface area contributed by atoms with Crippen molar-refractivity contribution in [1.29, 1.82) is 0 Å². The molecule has 14 heavy (non-hydrogen) atoms. The third kappa shape index (κ3) is 3.04. The van der Waals surface area contributed by atoms with Crippen LogP contribution in [0.1, 0.15) is 12.2 Å². The highest BCUT2D eigenvalue weighted by Gasteiger charge is 2.11. The van der Waals surface area contributed by atoms with Crippen molar-refractivity contribution in [3.63, 3.8) is 0 Å². The van der Waals surface area contributed by atoms with Gasteiger partial charge in [0.1, 0.15) is 5.76 Å². The lowest BCUT2D eigenvalue weighted by molar-refractivity contribution is 0.260. The van der Waals surface area contributed by atoms with Gasteiger partial charge in [-0.15, -0.1) is 0 Å². The Morgan fingerprint density at radius 3 is 3.07 bits per heavy atom. The van der Waals surface area contributed by atoms with E-state index in [9.17, 15) is 0 Å². The summed E-state index contributed by atoms with van der Waals surface area (Å²) in [4.78, 5) is 2.46. The van der Waals surface area contributed by atoms with Crippen LogP contribution in [-0.2, 0) is 6.54 Å². The van der Waals surface area contributed by atoms with Crippen molar-refractivity contribution in [3.05, 3.63) is 22.6 Å². The smallest absolute Gasteiger partial charge is 0.169 e. The zero-order valence-corrected chi connectivity index (χ0v) is 10.4. The summed E-state index contributed by atoms with van der Waals surface area (Å²) in [5, 5.41) is 0. The normalized spacial score (nSPS) is 19.5. The molecule has 2 nitrogen and oxygen atoms in total. The molecule has 1 saturated heterocycles. The SMILES string of the molecule is Brc1ccc(CN2CCCSCC2)o1. The molecule has 0 N–H and O–H groups in total. The Morgan fingerprint density at radius 2 is 2.29 bits per heavy atom. The minimum atomic E-state index is 0.830. The van der Waals surface area contributed by atoms with E-state index in [1.807, 2.05) is 12.1 Å². The van der Waals surface area contributed by atoms with E-state index in [4.69, 9.17) is 4.42 Å². The first kappa shape index (κ1) is 10.6. The molecule has 0 saturated carbocycles. The molecule has 78 valence electrons. The lowest BCUT2D eigenvalue weighted by atomic mass is 10.3. The van der Waals surface area contributed by atoms with Gasteiger partial charge < -0.3 is 4.42 Å². The van der Waals surface area contributed by atoms with Gasteiger partial charge in [-0.1, -0.05) is 0 Å². The van der Waals surface area contributed by atoms with Gasteiger partial charge in [-0.3, -0.25) is 4.90 Å². The third-order valence-corrected chi connectivity index (χ3v) is 3.80. The summed E-state index contributed by atoms with van der Waals surface area (Å²) < 4.78 is 6.33. The van der Waals surface area contributed by atoms with Gasteiger partial charge in [0.25, 0.3) is 0 Å². The van der Waals surface area contributed by atoms with Gasteiger partial charge >= 0.3 is 0 Å². The highest BCUT2D eigenvalue weighted by molar-refractivity contribution is 9.10. The fraction of sp³-hybridized carbons (Fsp3) is 0.600. The van der Waals surface area contributed by atoms with Crippen molar-refractivity contribution < 1.29 is 4.42 Å². The monoisotopic (exact) mass is 275 g/mol. The zero-order valence-electron chi connectivity index (χ0n) is 8.04. The van der Waals surface area contributed by atoms with Gasteiger partial charge in [0, 0.05) is 12.3 Å². The predicted octanol–water partition coefficient (Wildman–Crippen LogP) is 2.98. The first-order chi connectivity index (χ1) is 6.84. The number of thioether (sulfide) groups is 1. The van der Waals surface area contributed by atoms with Gasteiger partial charge in [-0.25, -0.2) is 0 Å². The topological polar surface area (TPSA) is 16.4 Å². The van der Waals surface area contributed by atoms with E-state index in [1.54, 1.807) is 0 Å². The maximum absolute atomic E-state index is 5.50. The van der Waals surface area contributed by atoms with Crippen LogP contribution in [0.3, 0.4) is 0 Å². The summed E-state index contributed by atoms with van der Waals surface area (Å²) in [6.07, 6.45) is 1.30. The summed E-state index contributed by atoms with van der Waals surface area (Å²) >= 11 is 5.38. The van der Waals surface area contributed by atoms with Crippen LogP contribution in [0.25, 0.3) is 0 Å². The Morgan fingerprint density at radius 1 is 1.36 bits per heavy atom.